The number of piperazine rings is 1. The highest BCUT2D eigenvalue weighted by Crippen LogP contribution is 2.37. The summed E-state index contributed by atoms with van der Waals surface area (Å²) in [5, 5.41) is 3.42. The van der Waals surface area contributed by atoms with Gasteiger partial charge in [-0.15, -0.1) is 11.3 Å². The van der Waals surface area contributed by atoms with Gasteiger partial charge in [-0.3, -0.25) is 0 Å². The van der Waals surface area contributed by atoms with Crippen LogP contribution in [0.1, 0.15) is 10.6 Å². The molecule has 0 aliphatic carbocycles. The Morgan fingerprint density at radius 1 is 1.10 bits per heavy atom. The zero-order valence-corrected chi connectivity index (χ0v) is 17.8. The second kappa shape index (κ2) is 7.92. The van der Waals surface area contributed by atoms with Crippen molar-refractivity contribution in [3.8, 4) is 10.6 Å². The fourth-order valence-corrected chi connectivity index (χ4v) is 6.32. The molecule has 166 valence electrons. The minimum atomic E-state index is -4.68. The number of sulfonamides is 1. The third kappa shape index (κ3) is 4.19. The summed E-state index contributed by atoms with van der Waals surface area (Å²) >= 11 is 1.03. The summed E-state index contributed by atoms with van der Waals surface area (Å²) in [5.74, 6) is -1.62. The maximum Gasteiger partial charge on any atom is 0.452 e. The van der Waals surface area contributed by atoms with Crippen LogP contribution in [0.15, 0.2) is 45.8 Å². The lowest BCUT2D eigenvalue weighted by molar-refractivity contribution is -0.155. The highest BCUT2D eigenvalue weighted by molar-refractivity contribution is 7.89. The maximum atomic E-state index is 14.0. The van der Waals surface area contributed by atoms with E-state index >= 15 is 0 Å². The van der Waals surface area contributed by atoms with Crippen molar-refractivity contribution in [2.45, 2.75) is 18.0 Å². The molecule has 0 spiro atoms. The van der Waals surface area contributed by atoms with Gasteiger partial charge in [0.15, 0.2) is 0 Å². The molecule has 0 amide bonds. The third-order valence-corrected chi connectivity index (χ3v) is 8.19. The van der Waals surface area contributed by atoms with Gasteiger partial charge in [0, 0.05) is 37.1 Å². The number of halogens is 4. The van der Waals surface area contributed by atoms with Gasteiger partial charge in [0.1, 0.15) is 11.5 Å². The first-order valence-electron chi connectivity index (χ1n) is 9.22. The van der Waals surface area contributed by atoms with Crippen LogP contribution in [0.5, 0.6) is 0 Å². The van der Waals surface area contributed by atoms with Crippen LogP contribution in [-0.4, -0.2) is 44.1 Å². The predicted molar refractivity (Wildman–Crippen MR) is 107 cm³/mol. The predicted octanol–water partition coefficient (Wildman–Crippen LogP) is 4.38. The number of anilines is 1. The summed E-state index contributed by atoms with van der Waals surface area (Å²) in [6.07, 6.45) is -4.68. The summed E-state index contributed by atoms with van der Waals surface area (Å²) in [7, 11) is -3.87. The highest BCUT2D eigenvalue weighted by Gasteiger charge is 2.37. The van der Waals surface area contributed by atoms with Crippen molar-refractivity contribution in [2.75, 3.05) is 31.1 Å². The number of hydrogen-bond acceptors (Lipinski definition) is 6. The topological polar surface area (TPSA) is 66.7 Å². The van der Waals surface area contributed by atoms with Crippen molar-refractivity contribution in [1.29, 1.82) is 0 Å². The standard InChI is InChI=1S/C19H17F4N3O3S2/c1-12-17(11-16(30-12)14-10-18(29-24-14)19(21,22)23)31(27,28)26-8-6-25(7-9-26)15-5-3-2-4-13(15)20/h2-5,10-11H,6-9H2,1H3. The molecule has 0 saturated carbocycles. The molecule has 1 aliphatic heterocycles. The molecule has 1 aliphatic rings. The smallest absolute Gasteiger partial charge is 0.367 e. The number of alkyl halides is 3. The fraction of sp³-hybridized carbons (Fsp3) is 0.316. The number of rotatable bonds is 4. The molecule has 0 bridgehead atoms. The summed E-state index contributed by atoms with van der Waals surface area (Å²) in [6, 6.07) is 8.35. The van der Waals surface area contributed by atoms with Crippen LogP contribution in [0.4, 0.5) is 23.2 Å². The Morgan fingerprint density at radius 2 is 1.77 bits per heavy atom. The normalized spacial score (nSPS) is 16.1. The number of aryl methyl sites for hydroxylation is 1. The van der Waals surface area contributed by atoms with Crippen molar-refractivity contribution >= 4 is 27.0 Å². The molecule has 2 aromatic heterocycles. The Morgan fingerprint density at radius 3 is 2.39 bits per heavy atom. The molecule has 3 aromatic rings. The Labute approximate surface area is 179 Å². The minimum absolute atomic E-state index is 0.0170. The Hall–Kier alpha value is -2.44. The minimum Gasteiger partial charge on any atom is -0.367 e. The van der Waals surface area contributed by atoms with Gasteiger partial charge in [-0.1, -0.05) is 17.3 Å². The van der Waals surface area contributed by atoms with E-state index in [0.717, 1.165) is 17.4 Å². The second-order valence-electron chi connectivity index (χ2n) is 6.95. The van der Waals surface area contributed by atoms with Crippen molar-refractivity contribution < 1.29 is 30.5 Å². The molecule has 31 heavy (non-hydrogen) atoms. The first-order valence-corrected chi connectivity index (χ1v) is 11.5. The average Bonchev–Trinajstić information content (AvgIpc) is 3.35. The van der Waals surface area contributed by atoms with Gasteiger partial charge in [0.05, 0.1) is 15.5 Å². The quantitative estimate of drug-likeness (QED) is 0.524. The Balaban J connectivity index is 1.53. The highest BCUT2D eigenvalue weighted by atomic mass is 32.2. The lowest BCUT2D eigenvalue weighted by Gasteiger charge is -2.35. The van der Waals surface area contributed by atoms with Crippen molar-refractivity contribution in [2.24, 2.45) is 0 Å². The molecule has 0 N–H and O–H groups in total. The summed E-state index contributed by atoms with van der Waals surface area (Å²) in [4.78, 5) is 2.49. The van der Waals surface area contributed by atoms with E-state index in [0.29, 0.717) is 23.7 Å². The number of thiophene rings is 1. The SMILES string of the molecule is Cc1sc(-c2cc(C(F)(F)F)on2)cc1S(=O)(=O)N1CCN(c2ccccc2F)CC1. The lowest BCUT2D eigenvalue weighted by Crippen LogP contribution is -2.48. The summed E-state index contributed by atoms with van der Waals surface area (Å²) in [5.41, 5.74) is 0.339. The first-order chi connectivity index (χ1) is 14.6. The van der Waals surface area contributed by atoms with Crippen LogP contribution >= 0.6 is 11.3 Å². The lowest BCUT2D eigenvalue weighted by atomic mass is 10.2. The third-order valence-electron chi connectivity index (χ3n) is 4.96. The zero-order chi connectivity index (χ0) is 22.4. The van der Waals surface area contributed by atoms with Gasteiger partial charge in [-0.25, -0.2) is 12.8 Å². The van der Waals surface area contributed by atoms with Crippen molar-refractivity contribution in [1.82, 2.24) is 9.46 Å². The molecule has 0 atom stereocenters. The number of hydrogen-bond donors (Lipinski definition) is 0. The van der Waals surface area contributed by atoms with E-state index in [1.165, 1.54) is 16.4 Å². The number of nitrogens with zero attached hydrogens (tertiary/aromatic N) is 3. The molecule has 6 nitrogen and oxygen atoms in total. The molecule has 1 fully saturated rings. The van der Waals surface area contributed by atoms with E-state index in [-0.39, 0.29) is 34.4 Å². The van der Waals surface area contributed by atoms with Gasteiger partial charge in [0.2, 0.25) is 15.8 Å². The largest absolute Gasteiger partial charge is 0.452 e. The number of benzene rings is 1. The van der Waals surface area contributed by atoms with Crippen LogP contribution < -0.4 is 4.90 Å². The van der Waals surface area contributed by atoms with Gasteiger partial charge < -0.3 is 9.42 Å². The van der Waals surface area contributed by atoms with E-state index in [4.69, 9.17) is 0 Å². The van der Waals surface area contributed by atoms with Gasteiger partial charge in [-0.2, -0.15) is 17.5 Å². The molecule has 1 aromatic carbocycles. The molecule has 3 heterocycles. The second-order valence-corrected chi connectivity index (χ2v) is 10.1. The Kier molecular flexibility index (Phi) is 5.56. The van der Waals surface area contributed by atoms with E-state index in [1.807, 2.05) is 0 Å². The van der Waals surface area contributed by atoms with Gasteiger partial charge >= 0.3 is 6.18 Å². The molecule has 0 unspecified atom stereocenters. The fourth-order valence-electron chi connectivity index (χ4n) is 3.39. The molecule has 1 saturated heterocycles. The van der Waals surface area contributed by atoms with Crippen LogP contribution in [-0.2, 0) is 16.2 Å². The van der Waals surface area contributed by atoms with E-state index in [9.17, 15) is 26.0 Å². The first kappa shape index (κ1) is 21.8. The van der Waals surface area contributed by atoms with Crippen LogP contribution in [0.2, 0.25) is 0 Å². The molecular weight excluding hydrogens is 458 g/mol. The molecular formula is C19H17F4N3O3S2. The van der Waals surface area contributed by atoms with Crippen LogP contribution in [0.25, 0.3) is 10.6 Å². The van der Waals surface area contributed by atoms with E-state index in [2.05, 4.69) is 9.68 Å². The Bertz CT molecular complexity index is 1200. The van der Waals surface area contributed by atoms with Crippen molar-refractivity contribution in [3.63, 3.8) is 0 Å². The van der Waals surface area contributed by atoms with E-state index in [1.54, 1.807) is 30.0 Å². The monoisotopic (exact) mass is 475 g/mol. The van der Waals surface area contributed by atoms with Crippen molar-refractivity contribution in [3.05, 3.63) is 52.9 Å². The summed E-state index contributed by atoms with van der Waals surface area (Å²) in [6.45, 7) is 2.53. The van der Waals surface area contributed by atoms with Crippen LogP contribution in [0.3, 0.4) is 0 Å². The average molecular weight is 475 g/mol. The maximum absolute atomic E-state index is 14.0. The summed E-state index contributed by atoms with van der Waals surface area (Å²) < 4.78 is 84.2. The molecule has 0 radical (unpaired) electrons. The number of para-hydroxylation sites is 1. The van der Waals surface area contributed by atoms with Gasteiger partial charge in [0.25, 0.3) is 0 Å². The molecule has 12 heteroatoms. The van der Waals surface area contributed by atoms with Crippen LogP contribution in [0, 0.1) is 12.7 Å². The van der Waals surface area contributed by atoms with Gasteiger partial charge in [-0.05, 0) is 25.1 Å². The zero-order valence-electron chi connectivity index (χ0n) is 16.2. The van der Waals surface area contributed by atoms with E-state index < -0.39 is 22.0 Å². The number of aromatic nitrogens is 1. The molecule has 4 rings (SSSR count).